The lowest BCUT2D eigenvalue weighted by Gasteiger charge is -2.26. The van der Waals surface area contributed by atoms with Crippen molar-refractivity contribution in [1.29, 1.82) is 0 Å². The van der Waals surface area contributed by atoms with Gasteiger partial charge in [-0.1, -0.05) is 42.5 Å². The zero-order chi connectivity index (χ0) is 23.8. The summed E-state index contributed by atoms with van der Waals surface area (Å²) in [4.78, 5) is 32.5. The number of aliphatic hydroxyl groups is 1. The average molecular weight is 450 g/mol. The second-order valence-electron chi connectivity index (χ2n) is 8.13. The first-order chi connectivity index (χ1) is 16.5. The fourth-order valence-corrected chi connectivity index (χ4v) is 4.53. The number of methoxy groups -OCH3 is 1. The summed E-state index contributed by atoms with van der Waals surface area (Å²) in [6.07, 6.45) is 3.24. The second kappa shape index (κ2) is 8.48. The summed E-state index contributed by atoms with van der Waals surface area (Å²) in [5.74, 6) is -1.03. The Morgan fingerprint density at radius 2 is 1.79 bits per heavy atom. The quantitative estimate of drug-likeness (QED) is 0.263. The predicted molar refractivity (Wildman–Crippen MR) is 131 cm³/mol. The zero-order valence-corrected chi connectivity index (χ0v) is 18.7. The van der Waals surface area contributed by atoms with Gasteiger partial charge in [0.2, 0.25) is 0 Å². The molecular formula is C28H22N2O4. The van der Waals surface area contributed by atoms with E-state index in [1.54, 1.807) is 49.8 Å². The number of hydrogen-bond acceptors (Lipinski definition) is 5. The molecule has 168 valence electrons. The molecule has 4 aromatic rings. The van der Waals surface area contributed by atoms with Gasteiger partial charge in [-0.3, -0.25) is 19.5 Å². The van der Waals surface area contributed by atoms with E-state index < -0.39 is 17.7 Å². The Hall–Kier alpha value is -4.45. The van der Waals surface area contributed by atoms with Gasteiger partial charge in [0, 0.05) is 23.3 Å². The fraction of sp³-hybridized carbons (Fsp3) is 0.107. The van der Waals surface area contributed by atoms with Crippen LogP contribution in [0.5, 0.6) is 5.75 Å². The summed E-state index contributed by atoms with van der Waals surface area (Å²) in [6, 6.07) is 21.2. The van der Waals surface area contributed by atoms with Crippen LogP contribution in [0.3, 0.4) is 0 Å². The van der Waals surface area contributed by atoms with E-state index in [2.05, 4.69) is 4.98 Å². The molecule has 1 amide bonds. The lowest BCUT2D eigenvalue weighted by Crippen LogP contribution is -2.29. The van der Waals surface area contributed by atoms with Crippen molar-refractivity contribution in [3.63, 3.8) is 0 Å². The van der Waals surface area contributed by atoms with E-state index in [1.165, 1.54) is 4.90 Å². The van der Waals surface area contributed by atoms with Crippen molar-refractivity contribution in [3.8, 4) is 5.75 Å². The molecule has 0 spiro atoms. The minimum atomic E-state index is -0.832. The number of Topliss-reactive ketones (excluding diaryl/α,β-unsaturated/α-hetero) is 1. The predicted octanol–water partition coefficient (Wildman–Crippen LogP) is 5.18. The van der Waals surface area contributed by atoms with E-state index in [9.17, 15) is 14.7 Å². The number of carbonyl (C=O) groups excluding carboxylic acids is 2. The summed E-state index contributed by atoms with van der Waals surface area (Å²) in [5.41, 5.74) is 2.44. The van der Waals surface area contributed by atoms with Gasteiger partial charge in [0.25, 0.3) is 11.7 Å². The third kappa shape index (κ3) is 3.40. The number of fused-ring (bicyclic) bond motifs is 1. The number of pyridine rings is 1. The maximum absolute atomic E-state index is 13.5. The topological polar surface area (TPSA) is 79.7 Å². The van der Waals surface area contributed by atoms with Crippen molar-refractivity contribution >= 4 is 33.9 Å². The number of aliphatic hydroxyl groups excluding tert-OH is 1. The largest absolute Gasteiger partial charge is 0.507 e. The number of amides is 1. The summed E-state index contributed by atoms with van der Waals surface area (Å²) in [7, 11) is 1.56. The Kier molecular flexibility index (Phi) is 5.34. The van der Waals surface area contributed by atoms with Gasteiger partial charge in [0.1, 0.15) is 11.5 Å². The van der Waals surface area contributed by atoms with Gasteiger partial charge in [0.15, 0.2) is 0 Å². The Morgan fingerprint density at radius 3 is 2.53 bits per heavy atom. The number of hydrogen-bond donors (Lipinski definition) is 1. The monoisotopic (exact) mass is 450 g/mol. The highest BCUT2D eigenvalue weighted by Crippen LogP contribution is 2.44. The Morgan fingerprint density at radius 1 is 1.00 bits per heavy atom. The van der Waals surface area contributed by atoms with Crippen LogP contribution in [0.25, 0.3) is 16.5 Å². The molecule has 1 saturated heterocycles. The van der Waals surface area contributed by atoms with Gasteiger partial charge in [0.05, 0.1) is 24.4 Å². The number of anilines is 1. The molecular weight excluding hydrogens is 428 g/mol. The molecule has 5 rings (SSSR count). The van der Waals surface area contributed by atoms with E-state index in [0.717, 1.165) is 16.3 Å². The maximum atomic E-state index is 13.5. The first kappa shape index (κ1) is 21.4. The molecule has 1 aliphatic rings. The van der Waals surface area contributed by atoms with Crippen molar-refractivity contribution in [2.75, 3.05) is 12.0 Å². The molecule has 0 saturated carbocycles. The number of aryl methyl sites for hydroxylation is 1. The fourth-order valence-electron chi connectivity index (χ4n) is 4.53. The number of carbonyl (C=O) groups is 2. The second-order valence-corrected chi connectivity index (χ2v) is 8.13. The lowest BCUT2D eigenvalue weighted by atomic mass is 9.94. The molecule has 0 radical (unpaired) electrons. The SMILES string of the molecule is COc1ccc(/C(O)=C2\C(=O)C(=O)N(c3cccc4ccccc34)C2c2cccnc2)c(C)c1. The van der Waals surface area contributed by atoms with E-state index in [4.69, 9.17) is 4.74 Å². The molecule has 1 N–H and O–H groups in total. The third-order valence-corrected chi connectivity index (χ3v) is 6.16. The van der Waals surface area contributed by atoms with Crippen LogP contribution < -0.4 is 9.64 Å². The first-order valence-electron chi connectivity index (χ1n) is 10.8. The minimum Gasteiger partial charge on any atom is -0.507 e. The highest BCUT2D eigenvalue weighted by molar-refractivity contribution is 6.52. The molecule has 6 nitrogen and oxygen atoms in total. The van der Waals surface area contributed by atoms with Gasteiger partial charge in [-0.15, -0.1) is 0 Å². The smallest absolute Gasteiger partial charge is 0.300 e. The molecule has 0 aliphatic carbocycles. The lowest BCUT2D eigenvalue weighted by molar-refractivity contribution is -0.132. The number of ketones is 1. The van der Waals surface area contributed by atoms with Gasteiger partial charge >= 0.3 is 0 Å². The molecule has 1 fully saturated rings. The van der Waals surface area contributed by atoms with Crippen molar-refractivity contribution in [3.05, 3.63) is 107 Å². The average Bonchev–Trinajstić information content (AvgIpc) is 3.14. The Balaban J connectivity index is 1.77. The summed E-state index contributed by atoms with van der Waals surface area (Å²) in [6.45, 7) is 1.82. The summed E-state index contributed by atoms with van der Waals surface area (Å²) >= 11 is 0. The van der Waals surface area contributed by atoms with Crippen molar-refractivity contribution in [1.82, 2.24) is 4.98 Å². The van der Waals surface area contributed by atoms with E-state index in [1.807, 2.05) is 49.4 Å². The van der Waals surface area contributed by atoms with Crippen LogP contribution in [0.2, 0.25) is 0 Å². The first-order valence-corrected chi connectivity index (χ1v) is 10.8. The van der Waals surface area contributed by atoms with Crippen LogP contribution in [0.15, 0.2) is 90.8 Å². The molecule has 1 aromatic heterocycles. The number of benzene rings is 3. The number of nitrogens with zero attached hydrogens (tertiary/aromatic N) is 2. The minimum absolute atomic E-state index is 0.0270. The van der Waals surface area contributed by atoms with E-state index in [0.29, 0.717) is 22.6 Å². The third-order valence-electron chi connectivity index (χ3n) is 6.16. The molecule has 2 heterocycles. The maximum Gasteiger partial charge on any atom is 0.300 e. The van der Waals surface area contributed by atoms with Crippen molar-refractivity contribution in [2.24, 2.45) is 0 Å². The van der Waals surface area contributed by atoms with E-state index >= 15 is 0 Å². The highest BCUT2D eigenvalue weighted by atomic mass is 16.5. The highest BCUT2D eigenvalue weighted by Gasteiger charge is 2.47. The number of rotatable bonds is 4. The van der Waals surface area contributed by atoms with Crippen LogP contribution in [-0.2, 0) is 9.59 Å². The summed E-state index contributed by atoms with van der Waals surface area (Å²) in [5, 5.41) is 13.2. The molecule has 1 atom stereocenters. The Bertz CT molecular complexity index is 1450. The molecule has 1 aliphatic heterocycles. The van der Waals surface area contributed by atoms with Gasteiger partial charge in [-0.25, -0.2) is 0 Å². The zero-order valence-electron chi connectivity index (χ0n) is 18.7. The van der Waals surface area contributed by atoms with Crippen LogP contribution in [0.4, 0.5) is 5.69 Å². The number of ether oxygens (including phenoxy) is 1. The summed E-state index contributed by atoms with van der Waals surface area (Å²) < 4.78 is 5.26. The standard InChI is InChI=1S/C28H22N2O4/c1-17-15-20(34-2)12-13-21(17)26(31)24-25(19-9-6-14-29-16-19)30(28(33)27(24)32)23-11-5-8-18-7-3-4-10-22(18)23/h3-16,25,31H,1-2H3/b26-24+. The van der Waals surface area contributed by atoms with Gasteiger partial charge < -0.3 is 9.84 Å². The molecule has 0 bridgehead atoms. The van der Waals surface area contributed by atoms with Crippen molar-refractivity contribution < 1.29 is 19.4 Å². The molecule has 34 heavy (non-hydrogen) atoms. The van der Waals surface area contributed by atoms with Crippen LogP contribution >= 0.6 is 0 Å². The van der Waals surface area contributed by atoms with Crippen LogP contribution in [0, 0.1) is 6.92 Å². The van der Waals surface area contributed by atoms with Gasteiger partial charge in [-0.2, -0.15) is 0 Å². The normalized spacial score (nSPS) is 17.4. The Labute approximate surface area is 196 Å². The molecule has 3 aromatic carbocycles. The van der Waals surface area contributed by atoms with Gasteiger partial charge in [-0.05, 0) is 53.8 Å². The van der Waals surface area contributed by atoms with Crippen molar-refractivity contribution in [2.45, 2.75) is 13.0 Å². The molecule has 6 heteroatoms. The van der Waals surface area contributed by atoms with Crippen LogP contribution in [-0.4, -0.2) is 28.9 Å². The van der Waals surface area contributed by atoms with Crippen LogP contribution in [0.1, 0.15) is 22.7 Å². The van der Waals surface area contributed by atoms with E-state index in [-0.39, 0.29) is 11.3 Å². The number of aromatic nitrogens is 1. The molecule has 1 unspecified atom stereocenters.